The third-order valence-corrected chi connectivity index (χ3v) is 4.54. The maximum Gasteiger partial charge on any atom is 0.405 e. The highest BCUT2D eigenvalue weighted by Gasteiger charge is 2.47. The molecule has 0 N–H and O–H groups in total. The fraction of sp³-hybridized carbons (Fsp3) is 0.588. The molecule has 1 aliphatic rings. The molecule has 1 aromatic rings. The average molecular weight is 328 g/mol. The standard InChI is InChI=1S/C17H23F3N2O/c1-12-4-6-14(7-5-12)8-9-16(23)22-10-13(2)21(3)15(11-22)17(18,19)20/h4-7,13,15H,8-11H2,1-3H3. The minimum Gasteiger partial charge on any atom is -0.339 e. The number of amides is 1. The Morgan fingerprint density at radius 2 is 1.83 bits per heavy atom. The predicted molar refractivity (Wildman–Crippen MR) is 83.1 cm³/mol. The van der Waals surface area contributed by atoms with Gasteiger partial charge in [-0.05, 0) is 32.9 Å². The molecule has 1 heterocycles. The lowest BCUT2D eigenvalue weighted by Gasteiger charge is -2.44. The minimum atomic E-state index is -4.32. The molecule has 0 radical (unpaired) electrons. The van der Waals surface area contributed by atoms with Crippen LogP contribution in [0.3, 0.4) is 0 Å². The van der Waals surface area contributed by atoms with Crippen LogP contribution in [0.5, 0.6) is 0 Å². The van der Waals surface area contributed by atoms with Crippen LogP contribution in [0.15, 0.2) is 24.3 Å². The van der Waals surface area contributed by atoms with Crippen molar-refractivity contribution in [1.82, 2.24) is 9.80 Å². The normalized spacial score (nSPS) is 23.1. The van der Waals surface area contributed by atoms with Gasteiger partial charge in [-0.25, -0.2) is 0 Å². The van der Waals surface area contributed by atoms with Gasteiger partial charge >= 0.3 is 6.18 Å². The van der Waals surface area contributed by atoms with Gasteiger partial charge in [0.25, 0.3) is 0 Å². The second-order valence-corrected chi connectivity index (χ2v) is 6.36. The number of likely N-dealkylation sites (N-methyl/N-ethyl adjacent to an activating group) is 1. The van der Waals surface area contributed by atoms with Crippen molar-refractivity contribution in [2.45, 2.75) is 44.9 Å². The van der Waals surface area contributed by atoms with E-state index in [4.69, 9.17) is 0 Å². The Hall–Kier alpha value is -1.56. The second-order valence-electron chi connectivity index (χ2n) is 6.36. The number of hydrogen-bond donors (Lipinski definition) is 0. The first-order chi connectivity index (χ1) is 10.7. The summed E-state index contributed by atoms with van der Waals surface area (Å²) in [4.78, 5) is 15.0. The SMILES string of the molecule is Cc1ccc(CCC(=O)N2CC(C)N(C)C(C(F)(F)F)C2)cc1. The van der Waals surface area contributed by atoms with Crippen LogP contribution >= 0.6 is 0 Å². The van der Waals surface area contributed by atoms with Gasteiger partial charge in [0, 0.05) is 25.6 Å². The van der Waals surface area contributed by atoms with Crippen molar-refractivity contribution in [3.8, 4) is 0 Å². The van der Waals surface area contributed by atoms with Crippen molar-refractivity contribution in [3.05, 3.63) is 35.4 Å². The first-order valence-corrected chi connectivity index (χ1v) is 7.80. The summed E-state index contributed by atoms with van der Waals surface area (Å²) in [6.45, 7) is 3.77. The van der Waals surface area contributed by atoms with E-state index in [9.17, 15) is 18.0 Å². The van der Waals surface area contributed by atoms with Gasteiger partial charge in [0.1, 0.15) is 6.04 Å². The molecule has 1 fully saturated rings. The summed E-state index contributed by atoms with van der Waals surface area (Å²) in [5.74, 6) is -0.209. The van der Waals surface area contributed by atoms with E-state index in [1.54, 1.807) is 6.92 Å². The van der Waals surface area contributed by atoms with Gasteiger partial charge in [-0.15, -0.1) is 0 Å². The zero-order chi connectivity index (χ0) is 17.2. The molecular formula is C17H23F3N2O. The van der Waals surface area contributed by atoms with Crippen molar-refractivity contribution < 1.29 is 18.0 Å². The average Bonchev–Trinajstić information content (AvgIpc) is 2.47. The van der Waals surface area contributed by atoms with E-state index in [0.29, 0.717) is 13.0 Å². The van der Waals surface area contributed by atoms with Gasteiger partial charge in [0.15, 0.2) is 0 Å². The lowest BCUT2D eigenvalue weighted by atomic mass is 10.0. The van der Waals surface area contributed by atoms with Crippen LogP contribution in [0.1, 0.15) is 24.5 Å². The van der Waals surface area contributed by atoms with E-state index in [1.807, 2.05) is 31.2 Å². The van der Waals surface area contributed by atoms with Gasteiger partial charge in [0.05, 0.1) is 0 Å². The molecule has 0 aliphatic carbocycles. The summed E-state index contributed by atoms with van der Waals surface area (Å²) in [7, 11) is 1.47. The number of aryl methyl sites for hydroxylation is 2. The smallest absolute Gasteiger partial charge is 0.339 e. The van der Waals surface area contributed by atoms with E-state index in [0.717, 1.165) is 11.1 Å². The highest BCUT2D eigenvalue weighted by Crippen LogP contribution is 2.29. The molecule has 1 amide bonds. The van der Waals surface area contributed by atoms with Gasteiger partial charge in [-0.2, -0.15) is 13.2 Å². The summed E-state index contributed by atoms with van der Waals surface area (Å²) >= 11 is 0. The quantitative estimate of drug-likeness (QED) is 0.851. The number of nitrogens with zero attached hydrogens (tertiary/aromatic N) is 2. The Balaban J connectivity index is 1.97. The first kappa shape index (κ1) is 17.8. The van der Waals surface area contributed by atoms with Crippen molar-refractivity contribution in [2.24, 2.45) is 0 Å². The highest BCUT2D eigenvalue weighted by molar-refractivity contribution is 5.76. The molecular weight excluding hydrogens is 305 g/mol. The summed E-state index contributed by atoms with van der Waals surface area (Å²) in [6, 6.07) is 5.95. The van der Waals surface area contributed by atoms with Gasteiger partial charge in [0.2, 0.25) is 5.91 Å². The summed E-state index contributed by atoms with van der Waals surface area (Å²) < 4.78 is 39.3. The molecule has 0 spiro atoms. The molecule has 128 valence electrons. The summed E-state index contributed by atoms with van der Waals surface area (Å²) in [5.41, 5.74) is 2.17. The van der Waals surface area contributed by atoms with Crippen LogP contribution in [-0.4, -0.2) is 54.1 Å². The van der Waals surface area contributed by atoms with Crippen molar-refractivity contribution >= 4 is 5.91 Å². The van der Waals surface area contributed by atoms with E-state index in [1.165, 1.54) is 16.8 Å². The molecule has 1 saturated heterocycles. The van der Waals surface area contributed by atoms with Crippen molar-refractivity contribution in [2.75, 3.05) is 20.1 Å². The van der Waals surface area contributed by atoms with E-state index < -0.39 is 12.2 Å². The Labute approximate surface area is 135 Å². The van der Waals surface area contributed by atoms with Gasteiger partial charge < -0.3 is 4.90 Å². The zero-order valence-electron chi connectivity index (χ0n) is 13.7. The Bertz CT molecular complexity index is 542. The van der Waals surface area contributed by atoms with E-state index >= 15 is 0 Å². The molecule has 2 unspecified atom stereocenters. The van der Waals surface area contributed by atoms with Crippen LogP contribution in [-0.2, 0) is 11.2 Å². The topological polar surface area (TPSA) is 23.6 Å². The lowest BCUT2D eigenvalue weighted by Crippen LogP contribution is -2.62. The predicted octanol–water partition coefficient (Wildman–Crippen LogP) is 3.02. The Morgan fingerprint density at radius 1 is 1.22 bits per heavy atom. The van der Waals surface area contributed by atoms with Crippen molar-refractivity contribution in [3.63, 3.8) is 0 Å². The maximum absolute atomic E-state index is 13.1. The first-order valence-electron chi connectivity index (χ1n) is 7.80. The van der Waals surface area contributed by atoms with Crippen LogP contribution in [0.4, 0.5) is 13.2 Å². The third-order valence-electron chi connectivity index (χ3n) is 4.54. The van der Waals surface area contributed by atoms with Gasteiger partial charge in [-0.3, -0.25) is 9.69 Å². The van der Waals surface area contributed by atoms with Crippen LogP contribution < -0.4 is 0 Å². The zero-order valence-corrected chi connectivity index (χ0v) is 13.7. The molecule has 6 heteroatoms. The number of hydrogen-bond acceptors (Lipinski definition) is 2. The highest BCUT2D eigenvalue weighted by atomic mass is 19.4. The van der Waals surface area contributed by atoms with Crippen molar-refractivity contribution in [1.29, 1.82) is 0 Å². The number of rotatable bonds is 3. The number of alkyl halides is 3. The lowest BCUT2D eigenvalue weighted by molar-refractivity contribution is -0.201. The number of benzene rings is 1. The molecule has 23 heavy (non-hydrogen) atoms. The number of piperazine rings is 1. The molecule has 2 atom stereocenters. The largest absolute Gasteiger partial charge is 0.405 e. The molecule has 0 saturated carbocycles. The second kappa shape index (κ2) is 6.91. The number of carbonyl (C=O) groups excluding carboxylic acids is 1. The molecule has 0 bridgehead atoms. The minimum absolute atomic E-state index is 0.209. The van der Waals surface area contributed by atoms with E-state index in [-0.39, 0.29) is 24.9 Å². The monoisotopic (exact) mass is 328 g/mol. The summed E-state index contributed by atoms with van der Waals surface area (Å²) in [5, 5.41) is 0. The molecule has 1 aromatic carbocycles. The molecule has 0 aromatic heterocycles. The van der Waals surface area contributed by atoms with Crippen LogP contribution in [0.25, 0.3) is 0 Å². The fourth-order valence-electron chi connectivity index (χ4n) is 2.87. The van der Waals surface area contributed by atoms with E-state index in [2.05, 4.69) is 0 Å². The van der Waals surface area contributed by atoms with Gasteiger partial charge in [-0.1, -0.05) is 29.8 Å². The Kier molecular flexibility index (Phi) is 5.34. The fourth-order valence-corrected chi connectivity index (χ4v) is 2.87. The molecule has 1 aliphatic heterocycles. The maximum atomic E-state index is 13.1. The Morgan fingerprint density at radius 3 is 2.39 bits per heavy atom. The molecule has 3 nitrogen and oxygen atoms in total. The summed E-state index contributed by atoms with van der Waals surface area (Å²) in [6.07, 6.45) is -3.53. The number of carbonyl (C=O) groups is 1. The number of halogens is 3. The van der Waals surface area contributed by atoms with Crippen LogP contribution in [0.2, 0.25) is 0 Å². The molecule has 2 rings (SSSR count). The van der Waals surface area contributed by atoms with Crippen LogP contribution in [0, 0.1) is 6.92 Å². The third kappa shape index (κ3) is 4.47.